The van der Waals surface area contributed by atoms with Gasteiger partial charge in [0.05, 0.1) is 26.5 Å². The van der Waals surface area contributed by atoms with Crippen molar-refractivity contribution in [3.8, 4) is 28.5 Å². The summed E-state index contributed by atoms with van der Waals surface area (Å²) in [6.07, 6.45) is 0.614. The summed E-state index contributed by atoms with van der Waals surface area (Å²) in [5.41, 5.74) is 2.30. The minimum absolute atomic E-state index is 0.147. The lowest BCUT2D eigenvalue weighted by Crippen LogP contribution is -2.21. The van der Waals surface area contributed by atoms with Crippen LogP contribution < -0.4 is 19.5 Å². The van der Waals surface area contributed by atoms with Gasteiger partial charge < -0.3 is 18.9 Å². The molecule has 0 atom stereocenters. The number of carbonyl (C=O) groups is 2. The fourth-order valence-corrected chi connectivity index (χ4v) is 3.81. The third kappa shape index (κ3) is 6.69. The molecule has 8 nitrogen and oxygen atoms in total. The Kier molecular flexibility index (Phi) is 8.65. The zero-order valence-electron chi connectivity index (χ0n) is 18.8. The summed E-state index contributed by atoms with van der Waals surface area (Å²) < 4.78 is 21.3. The van der Waals surface area contributed by atoms with Crippen LogP contribution in [0.4, 0.5) is 5.13 Å². The number of esters is 1. The zero-order chi connectivity index (χ0) is 23.6. The Morgan fingerprint density at radius 3 is 2.64 bits per heavy atom. The number of para-hydroxylation sites is 1. The van der Waals surface area contributed by atoms with Crippen LogP contribution in [0.3, 0.4) is 0 Å². The van der Waals surface area contributed by atoms with E-state index in [1.807, 2.05) is 37.3 Å². The van der Waals surface area contributed by atoms with E-state index in [-0.39, 0.29) is 13.0 Å². The Bertz CT molecular complexity index is 1100. The van der Waals surface area contributed by atoms with Gasteiger partial charge in [0, 0.05) is 17.4 Å². The van der Waals surface area contributed by atoms with Crippen LogP contribution in [0.1, 0.15) is 18.9 Å². The van der Waals surface area contributed by atoms with Crippen LogP contribution in [0.5, 0.6) is 17.2 Å². The van der Waals surface area contributed by atoms with Gasteiger partial charge in [-0.2, -0.15) is 0 Å². The van der Waals surface area contributed by atoms with Gasteiger partial charge in [0.25, 0.3) is 5.91 Å². The van der Waals surface area contributed by atoms with Crippen LogP contribution >= 0.6 is 11.3 Å². The molecule has 0 saturated heterocycles. The normalized spacial score (nSPS) is 10.4. The first kappa shape index (κ1) is 24.1. The van der Waals surface area contributed by atoms with Gasteiger partial charge in [-0.15, -0.1) is 11.3 Å². The lowest BCUT2D eigenvalue weighted by atomic mass is 10.1. The van der Waals surface area contributed by atoms with Crippen molar-refractivity contribution in [1.29, 1.82) is 0 Å². The van der Waals surface area contributed by atoms with Gasteiger partial charge in [-0.3, -0.25) is 14.9 Å². The van der Waals surface area contributed by atoms with Gasteiger partial charge in [-0.1, -0.05) is 18.2 Å². The largest absolute Gasteiger partial charge is 0.497 e. The van der Waals surface area contributed by atoms with Crippen LogP contribution in [-0.4, -0.2) is 44.3 Å². The minimum Gasteiger partial charge on any atom is -0.497 e. The number of aromatic nitrogens is 1. The van der Waals surface area contributed by atoms with Crippen LogP contribution in [0.2, 0.25) is 0 Å². The van der Waals surface area contributed by atoms with E-state index >= 15 is 0 Å². The van der Waals surface area contributed by atoms with Gasteiger partial charge in [0.1, 0.15) is 17.2 Å². The van der Waals surface area contributed by atoms with Crippen LogP contribution in [-0.2, 0) is 20.7 Å². The van der Waals surface area contributed by atoms with E-state index in [0.29, 0.717) is 35.4 Å². The van der Waals surface area contributed by atoms with Crippen molar-refractivity contribution in [2.75, 3.05) is 32.8 Å². The molecular formula is C24H26N2O6S. The first-order valence-corrected chi connectivity index (χ1v) is 11.3. The van der Waals surface area contributed by atoms with Crippen LogP contribution in [0, 0.1) is 0 Å². The van der Waals surface area contributed by atoms with E-state index < -0.39 is 11.9 Å². The molecule has 0 unspecified atom stereocenters. The number of nitrogens with zero attached hydrogens (tertiary/aromatic N) is 1. The zero-order valence-corrected chi connectivity index (χ0v) is 19.6. The molecule has 3 aromatic rings. The number of nitrogens with one attached hydrogen (secondary N) is 1. The van der Waals surface area contributed by atoms with E-state index in [1.54, 1.807) is 31.7 Å². The molecular weight excluding hydrogens is 444 g/mol. The second-order valence-corrected chi connectivity index (χ2v) is 7.71. The fraction of sp³-hybridized carbons (Fsp3) is 0.292. The number of hydrogen-bond donors (Lipinski definition) is 1. The van der Waals surface area contributed by atoms with Crippen molar-refractivity contribution in [2.24, 2.45) is 0 Å². The van der Waals surface area contributed by atoms with Gasteiger partial charge >= 0.3 is 5.97 Å². The van der Waals surface area contributed by atoms with Crippen molar-refractivity contribution in [3.63, 3.8) is 0 Å². The molecule has 9 heteroatoms. The maximum atomic E-state index is 12.2. The molecule has 0 saturated carbocycles. The Morgan fingerprint density at radius 1 is 1.06 bits per heavy atom. The highest BCUT2D eigenvalue weighted by Gasteiger charge is 2.14. The molecule has 3 rings (SSSR count). The number of aryl methyl sites for hydroxylation is 1. The molecule has 0 aliphatic rings. The first-order valence-electron chi connectivity index (χ1n) is 10.4. The van der Waals surface area contributed by atoms with Gasteiger partial charge in [0.15, 0.2) is 11.7 Å². The average molecular weight is 471 g/mol. The summed E-state index contributed by atoms with van der Waals surface area (Å²) in [4.78, 5) is 28.7. The van der Waals surface area contributed by atoms with Crippen molar-refractivity contribution >= 4 is 28.3 Å². The molecule has 1 amide bonds. The number of thiazole rings is 1. The van der Waals surface area contributed by atoms with Gasteiger partial charge in [-0.05, 0) is 43.2 Å². The number of anilines is 1. The molecule has 174 valence electrons. The maximum Gasteiger partial charge on any atom is 0.306 e. The molecule has 0 aliphatic carbocycles. The molecule has 1 N–H and O–H groups in total. The van der Waals surface area contributed by atoms with Crippen LogP contribution in [0.25, 0.3) is 11.3 Å². The molecule has 33 heavy (non-hydrogen) atoms. The molecule has 2 aromatic carbocycles. The van der Waals surface area contributed by atoms with Crippen molar-refractivity contribution in [3.05, 3.63) is 53.4 Å². The molecule has 0 spiro atoms. The summed E-state index contributed by atoms with van der Waals surface area (Å²) in [5.74, 6) is 1.13. The van der Waals surface area contributed by atoms with Gasteiger partial charge in [0.2, 0.25) is 0 Å². The molecule has 0 fully saturated rings. The number of hydrogen-bond acceptors (Lipinski definition) is 8. The number of ether oxygens (including phenoxy) is 4. The number of carbonyl (C=O) groups excluding carboxylic acids is 2. The number of benzene rings is 2. The maximum absolute atomic E-state index is 12.2. The van der Waals surface area contributed by atoms with E-state index in [2.05, 4.69) is 10.3 Å². The van der Waals surface area contributed by atoms with Crippen molar-refractivity contribution in [2.45, 2.75) is 19.8 Å². The SMILES string of the molecule is CCOc1ccccc1CCC(=O)OCC(=O)Nc1nc(-c2cc(OC)ccc2OC)cs1. The highest BCUT2D eigenvalue weighted by atomic mass is 32.1. The third-order valence-electron chi connectivity index (χ3n) is 4.67. The summed E-state index contributed by atoms with van der Waals surface area (Å²) >= 11 is 1.26. The molecule has 0 aliphatic heterocycles. The van der Waals surface area contributed by atoms with Gasteiger partial charge in [-0.25, -0.2) is 4.98 Å². The number of amides is 1. The molecule has 1 aromatic heterocycles. The van der Waals surface area contributed by atoms with E-state index in [9.17, 15) is 9.59 Å². The number of methoxy groups -OCH3 is 2. The number of rotatable bonds is 11. The lowest BCUT2D eigenvalue weighted by molar-refractivity contribution is -0.147. The van der Waals surface area contributed by atoms with E-state index in [1.165, 1.54) is 11.3 Å². The molecule has 0 bridgehead atoms. The quantitative estimate of drug-likeness (QED) is 0.417. The Morgan fingerprint density at radius 2 is 1.88 bits per heavy atom. The van der Waals surface area contributed by atoms with Crippen molar-refractivity contribution < 1.29 is 28.5 Å². The monoisotopic (exact) mass is 470 g/mol. The predicted octanol–water partition coefficient (Wildman–Crippen LogP) is 4.34. The Labute approximate surface area is 196 Å². The van der Waals surface area contributed by atoms with Crippen LogP contribution in [0.15, 0.2) is 47.8 Å². The molecule has 1 heterocycles. The third-order valence-corrected chi connectivity index (χ3v) is 5.43. The Balaban J connectivity index is 1.51. The topological polar surface area (TPSA) is 96.0 Å². The standard InChI is InChI=1S/C24H26N2O6S/c1-4-31-20-8-6-5-7-16(20)9-12-23(28)32-14-22(27)26-24-25-19(15-33-24)18-13-17(29-2)10-11-21(18)30-3/h5-8,10-11,13,15H,4,9,12,14H2,1-3H3,(H,25,26,27). The van der Waals surface area contributed by atoms with E-state index in [0.717, 1.165) is 16.9 Å². The predicted molar refractivity (Wildman–Crippen MR) is 126 cm³/mol. The highest BCUT2D eigenvalue weighted by Crippen LogP contribution is 2.35. The van der Waals surface area contributed by atoms with Crippen molar-refractivity contribution in [1.82, 2.24) is 4.98 Å². The summed E-state index contributed by atoms with van der Waals surface area (Å²) in [6, 6.07) is 12.9. The highest BCUT2D eigenvalue weighted by molar-refractivity contribution is 7.14. The summed E-state index contributed by atoms with van der Waals surface area (Å²) in [7, 11) is 3.15. The summed E-state index contributed by atoms with van der Waals surface area (Å²) in [6.45, 7) is 2.07. The fourth-order valence-electron chi connectivity index (χ4n) is 3.09. The molecule has 0 radical (unpaired) electrons. The smallest absolute Gasteiger partial charge is 0.306 e. The Hall–Kier alpha value is -3.59. The first-order chi connectivity index (χ1) is 16.0. The second-order valence-electron chi connectivity index (χ2n) is 6.85. The lowest BCUT2D eigenvalue weighted by Gasteiger charge is -2.09. The summed E-state index contributed by atoms with van der Waals surface area (Å²) in [5, 5.41) is 4.84. The average Bonchev–Trinajstić information content (AvgIpc) is 3.30. The minimum atomic E-state index is -0.462. The van der Waals surface area contributed by atoms with E-state index in [4.69, 9.17) is 18.9 Å². The second kappa shape index (κ2) is 11.9.